The van der Waals surface area contributed by atoms with Gasteiger partial charge in [-0.2, -0.15) is 0 Å². The Morgan fingerprint density at radius 2 is 0.265 bits per heavy atom. The van der Waals surface area contributed by atoms with Crippen LogP contribution in [0, 0.1) is 54.1 Å². The van der Waals surface area contributed by atoms with Crippen LogP contribution in [-0.4, -0.2) is 59.7 Å². The summed E-state index contributed by atoms with van der Waals surface area (Å²) in [5.74, 6) is -8.58. The van der Waals surface area contributed by atoms with Gasteiger partial charge >= 0.3 is 59.7 Å². The van der Waals surface area contributed by atoms with E-state index in [2.05, 4.69) is 0 Å². The molecular formula is C112H126O20. The van der Waals surface area contributed by atoms with Crippen molar-refractivity contribution in [2.75, 3.05) is 0 Å². The smallest absolute Gasteiger partial charge is 0.312 e. The Hall–Kier alpha value is -13.1. The van der Waals surface area contributed by atoms with Gasteiger partial charge in [0.25, 0.3) is 0 Å². The van der Waals surface area contributed by atoms with Gasteiger partial charge in [-0.3, -0.25) is 47.9 Å². The molecule has 0 radical (unpaired) electrons. The van der Waals surface area contributed by atoms with Crippen molar-refractivity contribution in [3.8, 4) is 0 Å². The van der Waals surface area contributed by atoms with E-state index >= 15 is 43.2 Å². The zero-order valence-corrected chi connectivity index (χ0v) is 78.2. The van der Waals surface area contributed by atoms with Crippen molar-refractivity contribution in [3.63, 3.8) is 0 Å². The summed E-state index contributed by atoms with van der Waals surface area (Å²) in [7, 11) is 0. The predicted molar refractivity (Wildman–Crippen MR) is 501 cm³/mol. The second-order valence-electron chi connectivity index (χ2n) is 38.5. The summed E-state index contributed by atoms with van der Waals surface area (Å²) < 4.78 is 64.0. The number of carbonyl (C=O) groups excluding carboxylic acids is 10. The van der Waals surface area contributed by atoms with Gasteiger partial charge in [-0.15, -0.1) is 0 Å². The van der Waals surface area contributed by atoms with E-state index < -0.39 is 159 Å². The molecule has 0 heterocycles. The second-order valence-corrected chi connectivity index (χ2v) is 38.5. The predicted octanol–water partition coefficient (Wildman–Crippen LogP) is 22.4. The van der Waals surface area contributed by atoms with Crippen molar-refractivity contribution in [3.05, 3.63) is 359 Å². The fourth-order valence-corrected chi connectivity index (χ4v) is 18.9. The molecule has 0 saturated carbocycles. The maximum absolute atomic E-state index is 16.8. The molecule has 0 aromatic heterocycles. The molecule has 0 fully saturated rings. The third-order valence-corrected chi connectivity index (χ3v) is 25.0. The number of carbonyl (C=O) groups is 10. The Bertz CT molecular complexity index is 5420. The van der Waals surface area contributed by atoms with Crippen LogP contribution in [0.5, 0.6) is 0 Å². The van der Waals surface area contributed by atoms with Gasteiger partial charge in [0.05, 0.1) is 54.1 Å². The number of esters is 10. The Morgan fingerprint density at radius 3 is 0.394 bits per heavy atom. The topological polar surface area (TPSA) is 263 Å². The normalized spacial score (nSPS) is 15.5. The lowest BCUT2D eigenvalue weighted by atomic mass is 9.56. The summed E-state index contributed by atoms with van der Waals surface area (Å²) in [5.41, 5.74) is -13.4. The van der Waals surface area contributed by atoms with Crippen molar-refractivity contribution in [1.29, 1.82) is 0 Å². The lowest BCUT2D eigenvalue weighted by molar-refractivity contribution is -0.178. The highest BCUT2D eigenvalue weighted by atomic mass is 16.6. The van der Waals surface area contributed by atoms with E-state index in [1.807, 2.05) is 78.9 Å². The summed E-state index contributed by atoms with van der Waals surface area (Å²) in [6, 6.07) is 89.4. The third kappa shape index (κ3) is 28.7. The third-order valence-electron chi connectivity index (χ3n) is 25.0. The molecular weight excluding hydrogens is 1670 g/mol. The number of ether oxygens (including phenoxy) is 10. The summed E-state index contributed by atoms with van der Waals surface area (Å²) in [6.07, 6.45) is -4.59. The SMILES string of the molecule is CCC(C)(CC(C)(CC(C)(CC(C)(CC(C)(CC(C)(CC(C)(CC(C)(CC(C)(CC(C)(C)C(=O)OCc1ccccc1)C(=O)OCc1ccccc1)C(=O)OCc1ccccc1)C(=O)OCc1ccccc1)C(=O)OCc1ccccc1)C(=O)OCc1ccccc1)C(=O)OCc1ccccc1)C(=O)OCc1ccccc1)C(=O)OCc1ccccc1)C(=O)OCc1ccccc1. The monoisotopic (exact) mass is 1790 g/mol. The molecule has 0 saturated heterocycles. The lowest BCUT2D eigenvalue weighted by Crippen LogP contribution is -2.51. The average molecular weight is 1790 g/mol. The van der Waals surface area contributed by atoms with Crippen molar-refractivity contribution in [2.45, 2.75) is 213 Å². The molecule has 10 rings (SSSR count). The largest absolute Gasteiger partial charge is 0.460 e. The van der Waals surface area contributed by atoms with Crippen LogP contribution in [-0.2, 0) is 161 Å². The molecule has 0 aliphatic carbocycles. The first-order valence-electron chi connectivity index (χ1n) is 45.0. The summed E-state index contributed by atoms with van der Waals surface area (Å²) in [4.78, 5) is 161. The van der Waals surface area contributed by atoms with Crippen molar-refractivity contribution >= 4 is 59.7 Å². The molecule has 10 aromatic rings. The van der Waals surface area contributed by atoms with Crippen LogP contribution in [0.4, 0.5) is 0 Å². The van der Waals surface area contributed by atoms with Gasteiger partial charge in [-0.1, -0.05) is 310 Å². The van der Waals surface area contributed by atoms with Crippen molar-refractivity contribution < 1.29 is 95.3 Å². The van der Waals surface area contributed by atoms with Gasteiger partial charge in [0.2, 0.25) is 0 Å². The van der Waals surface area contributed by atoms with E-state index in [-0.39, 0.29) is 85.3 Å². The first-order chi connectivity index (χ1) is 62.9. The van der Waals surface area contributed by atoms with Gasteiger partial charge in [-0.25, -0.2) is 0 Å². The van der Waals surface area contributed by atoms with E-state index in [1.165, 1.54) is 13.8 Å². The minimum Gasteiger partial charge on any atom is -0.460 e. The maximum atomic E-state index is 16.8. The van der Waals surface area contributed by atoms with E-state index in [9.17, 15) is 4.79 Å². The zero-order valence-electron chi connectivity index (χ0n) is 78.2. The van der Waals surface area contributed by atoms with Crippen LogP contribution in [0.15, 0.2) is 303 Å². The highest BCUT2D eigenvalue weighted by Crippen LogP contribution is 2.58. The molecule has 0 aliphatic heterocycles. The van der Waals surface area contributed by atoms with Crippen molar-refractivity contribution in [1.82, 2.24) is 0 Å². The first kappa shape index (κ1) is 101. The first-order valence-corrected chi connectivity index (χ1v) is 45.0. The summed E-state index contributed by atoms with van der Waals surface area (Å²) >= 11 is 0. The van der Waals surface area contributed by atoms with E-state index in [0.717, 1.165) is 0 Å². The van der Waals surface area contributed by atoms with Gasteiger partial charge < -0.3 is 47.4 Å². The van der Waals surface area contributed by atoms with E-state index in [1.54, 1.807) is 294 Å². The van der Waals surface area contributed by atoms with Gasteiger partial charge in [0.1, 0.15) is 66.1 Å². The Labute approximate surface area is 777 Å². The standard InChI is InChI=1S/C112H126O20/c1-13-104(4,94(114)124-65-84-46-26-15-27-47-84)75-106(6,96(116)126-67-86-50-30-17-31-51-86)77-108(8,98(118)128-69-88-54-34-19-35-55-88)79-110(10,100(120)130-71-90-58-38-21-39-59-90)81-112(12,102(122)132-73-92-62-42-23-43-63-92)82-111(11,101(121)131-72-91-60-40-22-41-61-91)80-109(9,99(119)129-70-89-56-36-20-37-57-89)78-107(7,97(117)127-68-87-52-32-18-33-53-87)76-105(5,95(115)125-66-85-48-28-16-29-49-85)74-103(2,3)93(113)123-64-83-44-24-14-25-45-83/h14-63H,13,64-82H2,1-12H3. The fourth-order valence-electron chi connectivity index (χ4n) is 18.9. The molecule has 0 N–H and O–H groups in total. The lowest BCUT2D eigenvalue weighted by Gasteiger charge is -2.47. The summed E-state index contributed by atoms with van der Waals surface area (Å²) in [5, 5.41) is 0. The molecule has 0 aliphatic rings. The second kappa shape index (κ2) is 46.1. The average Bonchev–Trinajstić information content (AvgIpc) is 0.748. The van der Waals surface area contributed by atoms with E-state index in [4.69, 9.17) is 47.4 Å². The van der Waals surface area contributed by atoms with E-state index in [0.29, 0.717) is 55.6 Å². The van der Waals surface area contributed by atoms with Crippen LogP contribution < -0.4 is 0 Å². The number of benzene rings is 10. The Kier molecular flexibility index (Phi) is 35.3. The Balaban J connectivity index is 1.17. The molecule has 10 aromatic carbocycles. The quantitative estimate of drug-likeness (QED) is 0.0253. The van der Waals surface area contributed by atoms with Crippen molar-refractivity contribution in [2.24, 2.45) is 54.1 Å². The highest BCUT2D eigenvalue weighted by molar-refractivity contribution is 5.88. The molecule has 0 spiro atoms. The minimum atomic E-state index is -2.19. The van der Waals surface area contributed by atoms with Gasteiger partial charge in [0.15, 0.2) is 0 Å². The zero-order chi connectivity index (χ0) is 95.1. The molecule has 20 heteroatoms. The molecule has 20 nitrogen and oxygen atoms in total. The van der Waals surface area contributed by atoms with Crippen LogP contribution in [0.25, 0.3) is 0 Å². The number of hydrogen-bond donors (Lipinski definition) is 0. The maximum Gasteiger partial charge on any atom is 0.312 e. The summed E-state index contributed by atoms with van der Waals surface area (Å²) in [6.45, 7) is 16.7. The minimum absolute atomic E-state index is 0.0996. The highest BCUT2D eigenvalue weighted by Gasteiger charge is 2.61. The van der Waals surface area contributed by atoms with Crippen LogP contribution >= 0.6 is 0 Å². The molecule has 0 bridgehead atoms. The fraction of sp³-hybridized carbons (Fsp3) is 0.375. The van der Waals surface area contributed by atoms with Gasteiger partial charge in [0, 0.05) is 0 Å². The van der Waals surface area contributed by atoms with Crippen LogP contribution in [0.2, 0.25) is 0 Å². The van der Waals surface area contributed by atoms with Crippen LogP contribution in [0.1, 0.15) is 203 Å². The molecule has 0 amide bonds. The molecule has 9 unspecified atom stereocenters. The number of hydrogen-bond acceptors (Lipinski definition) is 20. The number of rotatable bonds is 49. The molecule has 132 heavy (non-hydrogen) atoms. The molecule has 694 valence electrons. The van der Waals surface area contributed by atoms with Gasteiger partial charge in [-0.05, 0) is 196 Å². The molecule has 9 atom stereocenters. The Morgan fingerprint density at radius 1 is 0.159 bits per heavy atom. The van der Waals surface area contributed by atoms with Crippen LogP contribution in [0.3, 0.4) is 0 Å².